The topological polar surface area (TPSA) is 292 Å². The van der Waals surface area contributed by atoms with E-state index in [1.165, 1.54) is 75.8 Å². The molecule has 614 valence electrons. The van der Waals surface area contributed by atoms with Crippen LogP contribution in [0.4, 0.5) is 11.6 Å². The molecule has 0 bridgehead atoms. The predicted molar refractivity (Wildman–Crippen MR) is 447 cm³/mol. The number of H-pyrrole nitrogens is 1. The number of anilines is 2. The van der Waals surface area contributed by atoms with Crippen LogP contribution >= 0.6 is 30.1 Å². The van der Waals surface area contributed by atoms with Crippen LogP contribution in [0, 0.1) is 12.5 Å². The number of benzene rings is 4. The molecule has 0 radical (unpaired) electrons. The van der Waals surface area contributed by atoms with Gasteiger partial charge in [0.25, 0.3) is 20.0 Å². The average Bonchev–Trinajstić information content (AvgIpc) is 1.46. The predicted octanol–water partition coefficient (Wildman–Crippen LogP) is 17.2. The first kappa shape index (κ1) is 93.6. The quantitative estimate of drug-likeness (QED) is 0.0105. The molecule has 1 aliphatic heterocycles. The molecular weight excluding hydrogens is 1490 g/mol. The number of methoxy groups -OCH3 is 2. The third kappa shape index (κ3) is 31.5. The number of carbonyl (C=O) groups excluding carboxylic acids is 8. The van der Waals surface area contributed by atoms with Crippen LogP contribution in [0.3, 0.4) is 0 Å². The van der Waals surface area contributed by atoms with Gasteiger partial charge < -0.3 is 43.2 Å². The van der Waals surface area contributed by atoms with Gasteiger partial charge in [-0.05, 0) is 138 Å². The van der Waals surface area contributed by atoms with Crippen LogP contribution in [0.5, 0.6) is 11.5 Å². The Hall–Kier alpha value is -8.24. The van der Waals surface area contributed by atoms with E-state index >= 15 is 0 Å². The van der Waals surface area contributed by atoms with E-state index in [0.717, 1.165) is 72.5 Å². The molecule has 24 nitrogen and oxygen atoms in total. The van der Waals surface area contributed by atoms with Crippen LogP contribution < -0.4 is 30.6 Å². The minimum absolute atomic E-state index is 0.00506. The van der Waals surface area contributed by atoms with Gasteiger partial charge in [-0.15, -0.1) is 0 Å². The summed E-state index contributed by atoms with van der Waals surface area (Å²) in [6.45, 7) is 25.9. The number of unbranched alkanes of at least 4 members (excludes halogenated alkanes) is 13. The number of ether oxygens (including phenoxy) is 3. The second kappa shape index (κ2) is 50.9. The number of fused-ring (bicyclic) bond motifs is 1. The maximum absolute atomic E-state index is 14.7. The Morgan fingerprint density at radius 3 is 1.77 bits per heavy atom. The van der Waals surface area contributed by atoms with E-state index in [1.807, 2.05) is 78.6 Å². The highest BCUT2D eigenvalue weighted by Crippen LogP contribution is 2.49. The van der Waals surface area contributed by atoms with Gasteiger partial charge >= 0.3 is 6.15 Å². The van der Waals surface area contributed by atoms with Crippen molar-refractivity contribution in [2.24, 2.45) is 5.92 Å². The molecule has 0 saturated carbocycles. The maximum Gasteiger partial charge on any atom is 0.373 e. The highest BCUT2D eigenvalue weighted by molar-refractivity contribution is 8.76. The van der Waals surface area contributed by atoms with Gasteiger partial charge in [-0.3, -0.25) is 43.9 Å². The van der Waals surface area contributed by atoms with E-state index in [4.69, 9.17) is 39.4 Å². The summed E-state index contributed by atoms with van der Waals surface area (Å²) >= 11 is 0. The molecular formula is C86H119N10O14PS2. The highest BCUT2D eigenvalue weighted by Gasteiger charge is 2.44. The molecule has 27 heteroatoms. The van der Waals surface area contributed by atoms with E-state index in [0.29, 0.717) is 80.6 Å². The number of likely N-dealkylation sites (tertiary alicyclic amines) is 1. The summed E-state index contributed by atoms with van der Waals surface area (Å²) in [5.41, 5.74) is 2.36. The van der Waals surface area contributed by atoms with Gasteiger partial charge in [-0.1, -0.05) is 174 Å². The molecule has 1 saturated heterocycles. The molecule has 5 atom stereocenters. The third-order valence-electron chi connectivity index (χ3n) is 19.7. The summed E-state index contributed by atoms with van der Waals surface area (Å²) in [5, 5.41) is 5.76. The van der Waals surface area contributed by atoms with Crippen LogP contribution in [0.15, 0.2) is 114 Å². The van der Waals surface area contributed by atoms with Crippen molar-refractivity contribution in [2.75, 3.05) is 56.5 Å². The van der Waals surface area contributed by atoms with Crippen molar-refractivity contribution in [3.8, 4) is 11.5 Å². The summed E-state index contributed by atoms with van der Waals surface area (Å²) < 4.78 is 34.2. The van der Waals surface area contributed by atoms with Gasteiger partial charge in [-0.2, -0.15) is 14.6 Å². The number of nitrogens with one attached hydrogen (secondary N) is 3. The molecule has 2 unspecified atom stereocenters. The number of carbonyl (C=O) groups is 6. The van der Waals surface area contributed by atoms with Gasteiger partial charge in [0.1, 0.15) is 35.3 Å². The smallest absolute Gasteiger partial charge is 0.373 e. The Bertz CT molecular complexity index is 3980. The fourth-order valence-electron chi connectivity index (χ4n) is 13.6. The molecule has 0 spiro atoms. The summed E-state index contributed by atoms with van der Waals surface area (Å²) in [5.74, 6) is 1.72. The normalized spacial score (nSPS) is 14.3. The molecule has 4 amide bonds. The van der Waals surface area contributed by atoms with Crippen LogP contribution in [0.25, 0.3) is 16.0 Å². The Balaban J connectivity index is 0.00000652. The lowest BCUT2D eigenvalue weighted by Gasteiger charge is -2.38. The molecule has 7 rings (SSSR count). The van der Waals surface area contributed by atoms with E-state index in [2.05, 4.69) is 86.8 Å². The molecule has 1 fully saturated rings. The first-order chi connectivity index (χ1) is 54.4. The lowest BCUT2D eigenvalue weighted by molar-refractivity contribution is -0.191. The third-order valence-corrected chi connectivity index (χ3v) is 24.9. The van der Waals surface area contributed by atoms with Crippen molar-refractivity contribution in [3.05, 3.63) is 159 Å². The fraction of sp³-hybridized carbons (Fsp3) is 0.558. The SMILES string of the molecule is O=C=O.[C-]#[N+]CCOP(O[C@@H]1C[C@@H](COC(c2ccccc2)(c2ccc(OC)cc2)c2ccc(OC)cc2)N(C(=O)CCC(C)SSCCCC(=O)CCCCCCCCCCCCCCCCC(=O)CC[C@@H](C)NC(=O)c2ccc(N(Cc3cnc4nc(NC(=O)C(C)C)[nH]c(=O)c4n3)C(C)=O)cc2)C1)N(C(C)C)C(C)C. The largest absolute Gasteiger partial charge is 0.497 e. The molecule has 3 N–H and O–H groups in total. The molecule has 4 aromatic carbocycles. The van der Waals surface area contributed by atoms with E-state index in [9.17, 15) is 33.6 Å². The zero-order valence-corrected chi connectivity index (χ0v) is 70.6. The first-order valence-electron chi connectivity index (χ1n) is 40.0. The molecule has 6 aromatic rings. The number of aromatic nitrogens is 4. The summed E-state index contributed by atoms with van der Waals surface area (Å²) in [6.07, 6.45) is 22.7. The zero-order valence-electron chi connectivity index (χ0n) is 68.0. The molecule has 2 aromatic heterocycles. The van der Waals surface area contributed by atoms with E-state index < -0.39 is 19.7 Å². The fourth-order valence-corrected chi connectivity index (χ4v) is 17.7. The standard InChI is InChI=1S/C85H119N10O12PS2.CO2/c1-60(2)81(100)91-84-90-80-79(83(102)92-84)89-70(56-87-80)57-93(65(9)96)71-44-38-66(39-45-71)82(101)88-63(7)36-46-74(98)34-29-24-22-20-18-16-14-13-15-17-19-21-23-28-33-73(97)35-30-54-109-110-64(8)37-51-78(99)94-58-77(107-108(106-53-52-86-10)95(61(3)4)62(5)6)55-72(94)59-105-85(67-31-26-25-27-32-67,68-40-47-75(103-11)48-41-68)69-42-49-76(104-12)50-43-69;2-1-3/h25-27,31-32,38-45,47-50,56,60-64,72,77H,13-24,28-30,33-37,46,51-55,57-59H2,1-9,11-12H3,(H,88,101)(H2,87,90,91,92,100,102);/t63-,64?,72+,77-,108?;/m1./s1. The van der Waals surface area contributed by atoms with Crippen LogP contribution in [-0.2, 0) is 59.5 Å². The minimum atomic E-state index is -1.55. The monoisotopic (exact) mass is 1610 g/mol. The van der Waals surface area contributed by atoms with Gasteiger partial charge in [0.05, 0.1) is 51.4 Å². The Labute approximate surface area is 677 Å². The Kier molecular flexibility index (Phi) is 42.1. The van der Waals surface area contributed by atoms with Crippen molar-refractivity contribution in [2.45, 2.75) is 258 Å². The highest BCUT2D eigenvalue weighted by atomic mass is 33.1. The Morgan fingerprint density at radius 2 is 1.24 bits per heavy atom. The summed E-state index contributed by atoms with van der Waals surface area (Å²) in [6, 6.07) is 32.5. The number of rotatable bonds is 52. The first-order valence-corrected chi connectivity index (χ1v) is 43.5. The molecule has 1 aliphatic rings. The van der Waals surface area contributed by atoms with E-state index in [1.54, 1.807) is 73.9 Å². The molecule has 0 aliphatic carbocycles. The molecule has 3 heterocycles. The lowest BCUT2D eigenvalue weighted by atomic mass is 9.80. The van der Waals surface area contributed by atoms with E-state index in [-0.39, 0.29) is 120 Å². The van der Waals surface area contributed by atoms with Crippen LogP contribution in [0.1, 0.15) is 243 Å². The van der Waals surface area contributed by atoms with Crippen LogP contribution in [-0.4, -0.2) is 153 Å². The summed E-state index contributed by atoms with van der Waals surface area (Å²) in [7, 11) is 5.34. The lowest BCUT2D eigenvalue weighted by Crippen LogP contribution is -2.42. The van der Waals surface area contributed by atoms with Crippen molar-refractivity contribution in [1.29, 1.82) is 0 Å². The number of amides is 4. The number of hydrogen-bond donors (Lipinski definition) is 3. The van der Waals surface area contributed by atoms with Crippen molar-refractivity contribution >= 4 is 94.3 Å². The Morgan fingerprint density at radius 1 is 0.699 bits per heavy atom. The van der Waals surface area contributed by atoms with Crippen molar-refractivity contribution < 1.29 is 61.6 Å². The number of hydrogen-bond acceptors (Lipinski definition) is 20. The average molecular weight is 1610 g/mol. The van der Waals surface area contributed by atoms with Crippen molar-refractivity contribution in [1.82, 2.24) is 34.8 Å². The number of Topliss-reactive ketones (excluding diaryl/α,β-unsaturated/α-hetero) is 2. The maximum atomic E-state index is 14.7. The van der Waals surface area contributed by atoms with Gasteiger partial charge in [-0.25, -0.2) is 21.2 Å². The number of nitrogens with zero attached hydrogens (tertiary/aromatic N) is 7. The number of aromatic amines is 1. The molecule has 113 heavy (non-hydrogen) atoms. The number of ketones is 2. The second-order valence-corrected chi connectivity index (χ2v) is 34.0. The minimum Gasteiger partial charge on any atom is -0.497 e. The zero-order chi connectivity index (χ0) is 82.1. The van der Waals surface area contributed by atoms with Gasteiger partial charge in [0, 0.05) is 91.9 Å². The second-order valence-electron chi connectivity index (χ2n) is 29.6. The van der Waals surface area contributed by atoms with Crippen LogP contribution in [0.2, 0.25) is 0 Å². The summed E-state index contributed by atoms with van der Waals surface area (Å²) in [4.78, 5) is 130. The van der Waals surface area contributed by atoms with Gasteiger partial charge in [0.15, 0.2) is 11.2 Å². The van der Waals surface area contributed by atoms with Gasteiger partial charge in [0.2, 0.25) is 30.2 Å². The van der Waals surface area contributed by atoms with Crippen molar-refractivity contribution in [3.63, 3.8) is 0 Å².